The van der Waals surface area contributed by atoms with Gasteiger partial charge in [-0.2, -0.15) is 5.10 Å². The van der Waals surface area contributed by atoms with Crippen LogP contribution in [-0.2, 0) is 0 Å². The van der Waals surface area contributed by atoms with Crippen molar-refractivity contribution in [2.45, 2.75) is 32.2 Å². The molecule has 1 aromatic heterocycles. The summed E-state index contributed by atoms with van der Waals surface area (Å²) < 4.78 is 7.06. The zero-order chi connectivity index (χ0) is 17.1. The molecule has 0 bridgehead atoms. The van der Waals surface area contributed by atoms with Crippen LogP contribution in [0.25, 0.3) is 5.69 Å². The Kier molecular flexibility index (Phi) is 4.85. The van der Waals surface area contributed by atoms with Crippen LogP contribution in [0.5, 0.6) is 5.75 Å². The lowest BCUT2D eigenvalue weighted by Crippen LogP contribution is -2.40. The van der Waals surface area contributed by atoms with Crippen molar-refractivity contribution in [3.8, 4) is 11.4 Å². The van der Waals surface area contributed by atoms with E-state index in [0.29, 0.717) is 18.2 Å². The summed E-state index contributed by atoms with van der Waals surface area (Å²) in [5.74, 6) is 0.938. The zero-order valence-electron chi connectivity index (χ0n) is 14.2. The SMILES string of the molecule is COc1ccc(C)cc1-n1ccc(C(=O)NC2CCCC2CN)n1. The van der Waals surface area contributed by atoms with Gasteiger partial charge < -0.3 is 15.8 Å². The molecule has 128 valence electrons. The van der Waals surface area contributed by atoms with Gasteiger partial charge in [0.15, 0.2) is 5.69 Å². The van der Waals surface area contributed by atoms with Gasteiger partial charge in [-0.3, -0.25) is 4.79 Å². The van der Waals surface area contributed by atoms with E-state index in [-0.39, 0.29) is 11.9 Å². The first kappa shape index (κ1) is 16.5. The van der Waals surface area contributed by atoms with Gasteiger partial charge in [-0.15, -0.1) is 0 Å². The maximum Gasteiger partial charge on any atom is 0.272 e. The summed E-state index contributed by atoms with van der Waals surface area (Å²) in [6, 6.07) is 7.74. The second kappa shape index (κ2) is 7.05. The number of methoxy groups -OCH3 is 1. The highest BCUT2D eigenvalue weighted by atomic mass is 16.5. The number of amides is 1. The smallest absolute Gasteiger partial charge is 0.272 e. The van der Waals surface area contributed by atoms with E-state index in [0.717, 1.165) is 36.3 Å². The Labute approximate surface area is 142 Å². The molecule has 6 heteroatoms. The van der Waals surface area contributed by atoms with Crippen LogP contribution < -0.4 is 15.8 Å². The van der Waals surface area contributed by atoms with Crippen LogP contribution >= 0.6 is 0 Å². The summed E-state index contributed by atoms with van der Waals surface area (Å²) in [4.78, 5) is 12.5. The topological polar surface area (TPSA) is 82.2 Å². The van der Waals surface area contributed by atoms with E-state index < -0.39 is 0 Å². The standard InChI is InChI=1S/C18H24N4O2/c1-12-6-7-17(24-2)16(10-12)22-9-8-15(21-22)18(23)20-14-5-3-4-13(14)11-19/h6-10,13-14H,3-5,11,19H2,1-2H3,(H,20,23). The summed E-state index contributed by atoms with van der Waals surface area (Å²) in [5, 5.41) is 7.49. The van der Waals surface area contributed by atoms with Crippen LogP contribution in [0, 0.1) is 12.8 Å². The van der Waals surface area contributed by atoms with Crippen molar-refractivity contribution >= 4 is 5.91 Å². The first-order valence-electron chi connectivity index (χ1n) is 8.34. The number of aryl methyl sites for hydroxylation is 1. The lowest BCUT2D eigenvalue weighted by Gasteiger charge is -2.18. The van der Waals surface area contributed by atoms with Gasteiger partial charge in [0, 0.05) is 12.2 Å². The monoisotopic (exact) mass is 328 g/mol. The Morgan fingerprint density at radius 1 is 1.42 bits per heavy atom. The molecule has 0 aliphatic heterocycles. The number of aromatic nitrogens is 2. The molecule has 2 unspecified atom stereocenters. The Hall–Kier alpha value is -2.34. The maximum absolute atomic E-state index is 12.5. The van der Waals surface area contributed by atoms with Crippen LogP contribution in [0.15, 0.2) is 30.5 Å². The average Bonchev–Trinajstić information content (AvgIpc) is 3.23. The van der Waals surface area contributed by atoms with Crippen LogP contribution in [0.4, 0.5) is 0 Å². The van der Waals surface area contributed by atoms with Crippen molar-refractivity contribution in [2.75, 3.05) is 13.7 Å². The third kappa shape index (κ3) is 3.28. The molecule has 1 fully saturated rings. The molecule has 2 aromatic rings. The molecule has 24 heavy (non-hydrogen) atoms. The summed E-state index contributed by atoms with van der Waals surface area (Å²) >= 11 is 0. The van der Waals surface area contributed by atoms with E-state index in [1.165, 1.54) is 0 Å². The van der Waals surface area contributed by atoms with Gasteiger partial charge in [0.1, 0.15) is 11.4 Å². The minimum absolute atomic E-state index is 0.147. The molecule has 1 aromatic carbocycles. The first-order valence-corrected chi connectivity index (χ1v) is 8.34. The van der Waals surface area contributed by atoms with E-state index >= 15 is 0 Å². The fourth-order valence-corrected chi connectivity index (χ4v) is 3.31. The number of rotatable bonds is 5. The second-order valence-corrected chi connectivity index (χ2v) is 6.33. The zero-order valence-corrected chi connectivity index (χ0v) is 14.2. The second-order valence-electron chi connectivity index (χ2n) is 6.33. The Morgan fingerprint density at radius 3 is 3.00 bits per heavy atom. The lowest BCUT2D eigenvalue weighted by atomic mass is 10.0. The molecule has 0 spiro atoms. The van der Waals surface area contributed by atoms with Crippen LogP contribution in [0.1, 0.15) is 35.3 Å². The molecule has 0 radical (unpaired) electrons. The van der Waals surface area contributed by atoms with E-state index in [4.69, 9.17) is 10.5 Å². The largest absolute Gasteiger partial charge is 0.494 e. The fraction of sp³-hybridized carbons (Fsp3) is 0.444. The Balaban J connectivity index is 1.78. The number of hydrogen-bond acceptors (Lipinski definition) is 4. The molecule has 0 saturated heterocycles. The maximum atomic E-state index is 12.5. The molecule has 6 nitrogen and oxygen atoms in total. The van der Waals surface area contributed by atoms with Gasteiger partial charge in [0.2, 0.25) is 0 Å². The third-order valence-corrected chi connectivity index (χ3v) is 4.68. The van der Waals surface area contributed by atoms with Crippen molar-refractivity contribution in [3.05, 3.63) is 41.7 Å². The van der Waals surface area contributed by atoms with E-state index in [1.54, 1.807) is 24.1 Å². The molecule has 1 aliphatic carbocycles. The quantitative estimate of drug-likeness (QED) is 0.880. The van der Waals surface area contributed by atoms with E-state index in [2.05, 4.69) is 10.4 Å². The van der Waals surface area contributed by atoms with Crippen molar-refractivity contribution in [1.82, 2.24) is 15.1 Å². The highest BCUT2D eigenvalue weighted by Crippen LogP contribution is 2.25. The van der Waals surface area contributed by atoms with Crippen LogP contribution in [0.3, 0.4) is 0 Å². The predicted molar refractivity (Wildman–Crippen MR) is 92.5 cm³/mol. The summed E-state index contributed by atoms with van der Waals surface area (Å²) in [6.45, 7) is 2.62. The number of carbonyl (C=O) groups excluding carboxylic acids is 1. The molecule has 1 heterocycles. The van der Waals surface area contributed by atoms with Crippen molar-refractivity contribution in [2.24, 2.45) is 11.7 Å². The number of hydrogen-bond donors (Lipinski definition) is 2. The van der Waals surface area contributed by atoms with Crippen LogP contribution in [-0.4, -0.2) is 35.4 Å². The van der Waals surface area contributed by atoms with Gasteiger partial charge >= 0.3 is 0 Å². The van der Waals surface area contributed by atoms with Gasteiger partial charge in [-0.25, -0.2) is 4.68 Å². The molecule has 3 N–H and O–H groups in total. The van der Waals surface area contributed by atoms with Crippen molar-refractivity contribution < 1.29 is 9.53 Å². The van der Waals surface area contributed by atoms with Gasteiger partial charge in [-0.05, 0) is 56.0 Å². The lowest BCUT2D eigenvalue weighted by molar-refractivity contribution is 0.0923. The highest BCUT2D eigenvalue weighted by Gasteiger charge is 2.28. The Bertz CT molecular complexity index is 726. The fourth-order valence-electron chi connectivity index (χ4n) is 3.31. The van der Waals surface area contributed by atoms with Gasteiger partial charge in [-0.1, -0.05) is 12.5 Å². The van der Waals surface area contributed by atoms with Crippen molar-refractivity contribution in [3.63, 3.8) is 0 Å². The molecule has 1 saturated carbocycles. The molecule has 3 rings (SSSR count). The first-order chi connectivity index (χ1) is 11.6. The molecule has 2 atom stereocenters. The number of nitrogens with two attached hydrogens (primary N) is 1. The minimum atomic E-state index is -0.147. The number of nitrogens with zero attached hydrogens (tertiary/aromatic N) is 2. The van der Waals surface area contributed by atoms with E-state index in [1.807, 2.05) is 25.1 Å². The Morgan fingerprint density at radius 2 is 2.25 bits per heavy atom. The highest BCUT2D eigenvalue weighted by molar-refractivity contribution is 5.92. The van der Waals surface area contributed by atoms with Gasteiger partial charge in [0.05, 0.1) is 7.11 Å². The average molecular weight is 328 g/mol. The molecular weight excluding hydrogens is 304 g/mol. The predicted octanol–water partition coefficient (Wildman–Crippen LogP) is 2.05. The summed E-state index contributed by atoms with van der Waals surface area (Å²) in [6.07, 6.45) is 4.96. The number of nitrogens with one attached hydrogen (secondary N) is 1. The summed E-state index contributed by atoms with van der Waals surface area (Å²) in [7, 11) is 1.62. The third-order valence-electron chi connectivity index (χ3n) is 4.68. The van der Waals surface area contributed by atoms with Gasteiger partial charge in [0.25, 0.3) is 5.91 Å². The minimum Gasteiger partial charge on any atom is -0.494 e. The van der Waals surface area contributed by atoms with Crippen molar-refractivity contribution in [1.29, 1.82) is 0 Å². The molecule has 1 amide bonds. The van der Waals surface area contributed by atoms with E-state index in [9.17, 15) is 4.79 Å². The normalized spacial score (nSPS) is 20.1. The van der Waals surface area contributed by atoms with Crippen LogP contribution in [0.2, 0.25) is 0 Å². The number of benzene rings is 1. The number of ether oxygens (including phenoxy) is 1. The molecular formula is C18H24N4O2. The summed E-state index contributed by atoms with van der Waals surface area (Å²) in [5.41, 5.74) is 8.10. The molecule has 1 aliphatic rings. The number of carbonyl (C=O) groups is 1.